The molecule has 37 heavy (non-hydrogen) atoms. The molecule has 1 fully saturated rings. The number of amides is 3. The number of hydrazine groups is 1. The molecule has 1 aliphatic heterocycles. The highest BCUT2D eigenvalue weighted by atomic mass is 32.1. The Hall–Kier alpha value is -3.86. The number of hydrogen-bond donors (Lipinski definition) is 2. The van der Waals surface area contributed by atoms with Crippen molar-refractivity contribution in [2.75, 3.05) is 13.1 Å². The molecule has 0 atom stereocenters. The maximum atomic E-state index is 13.7. The quantitative estimate of drug-likeness (QED) is 0.465. The van der Waals surface area contributed by atoms with Crippen LogP contribution in [-0.2, 0) is 0 Å². The van der Waals surface area contributed by atoms with Gasteiger partial charge in [0.2, 0.25) is 0 Å². The molecule has 2 aromatic carbocycles. The molecule has 8 nitrogen and oxygen atoms in total. The van der Waals surface area contributed by atoms with E-state index in [1.807, 2.05) is 13.8 Å². The molecule has 3 aromatic rings. The molecule has 194 valence electrons. The first-order chi connectivity index (χ1) is 17.7. The number of piperidine rings is 1. The molecule has 3 amide bonds. The van der Waals surface area contributed by atoms with E-state index in [0.29, 0.717) is 37.6 Å². The predicted octanol–water partition coefficient (Wildman–Crippen LogP) is 4.30. The Labute approximate surface area is 216 Å². The topological polar surface area (TPSA) is 101 Å². The summed E-state index contributed by atoms with van der Waals surface area (Å²) in [5.41, 5.74) is 4.61. The van der Waals surface area contributed by atoms with E-state index in [4.69, 9.17) is 4.74 Å². The molecule has 2 heterocycles. The molecule has 0 bridgehead atoms. The van der Waals surface area contributed by atoms with Gasteiger partial charge in [-0.15, -0.1) is 11.3 Å². The van der Waals surface area contributed by atoms with Gasteiger partial charge in [-0.25, -0.2) is 13.8 Å². The Balaban J connectivity index is 1.28. The van der Waals surface area contributed by atoms with Crippen molar-refractivity contribution in [1.82, 2.24) is 20.7 Å². The van der Waals surface area contributed by atoms with Crippen molar-refractivity contribution in [1.29, 1.82) is 0 Å². The van der Waals surface area contributed by atoms with Crippen LogP contribution in [0.1, 0.15) is 68.8 Å². The average molecular weight is 529 g/mol. The van der Waals surface area contributed by atoms with Crippen LogP contribution in [0.5, 0.6) is 5.75 Å². The number of thiazole rings is 1. The van der Waals surface area contributed by atoms with Crippen molar-refractivity contribution < 1.29 is 27.9 Å². The SMILES string of the molecule is CC(C)Oc1ccc(C(=O)N2CCC(c3nc(C(=O)NNC(=O)c4ccc(F)cc4F)cs3)CC2)cc1. The van der Waals surface area contributed by atoms with Crippen molar-refractivity contribution in [3.05, 3.63) is 81.3 Å². The minimum Gasteiger partial charge on any atom is -0.491 e. The maximum Gasteiger partial charge on any atom is 0.289 e. The number of aromatic nitrogens is 1. The Morgan fingerprint density at radius 3 is 2.35 bits per heavy atom. The minimum absolute atomic E-state index is 0.0397. The number of rotatable bonds is 6. The fraction of sp³-hybridized carbons (Fsp3) is 0.308. The van der Waals surface area contributed by atoms with Gasteiger partial charge in [-0.2, -0.15) is 0 Å². The zero-order valence-electron chi connectivity index (χ0n) is 20.3. The van der Waals surface area contributed by atoms with E-state index in [0.717, 1.165) is 22.9 Å². The smallest absolute Gasteiger partial charge is 0.289 e. The van der Waals surface area contributed by atoms with Gasteiger partial charge in [0, 0.05) is 36.0 Å². The highest BCUT2D eigenvalue weighted by molar-refractivity contribution is 7.09. The second kappa shape index (κ2) is 11.5. The minimum atomic E-state index is -1.04. The number of likely N-dealkylation sites (tertiary alicyclic amines) is 1. The van der Waals surface area contributed by atoms with Crippen LogP contribution in [0.15, 0.2) is 47.8 Å². The molecule has 0 radical (unpaired) electrons. The van der Waals surface area contributed by atoms with Gasteiger partial charge in [-0.1, -0.05) is 0 Å². The molecule has 2 N–H and O–H groups in total. The van der Waals surface area contributed by atoms with Gasteiger partial charge in [0.25, 0.3) is 17.7 Å². The predicted molar refractivity (Wildman–Crippen MR) is 133 cm³/mol. The summed E-state index contributed by atoms with van der Waals surface area (Å²) in [6, 6.07) is 9.63. The number of carbonyl (C=O) groups excluding carboxylic acids is 3. The Morgan fingerprint density at radius 1 is 1.03 bits per heavy atom. The van der Waals surface area contributed by atoms with Crippen molar-refractivity contribution in [2.24, 2.45) is 0 Å². The van der Waals surface area contributed by atoms with Crippen molar-refractivity contribution in [3.63, 3.8) is 0 Å². The largest absolute Gasteiger partial charge is 0.491 e. The molecule has 0 spiro atoms. The van der Waals surface area contributed by atoms with E-state index in [1.54, 1.807) is 34.5 Å². The third kappa shape index (κ3) is 6.48. The Morgan fingerprint density at radius 2 is 1.70 bits per heavy atom. The Bertz CT molecular complexity index is 1290. The first kappa shape index (κ1) is 26.2. The summed E-state index contributed by atoms with van der Waals surface area (Å²) in [6.45, 7) is 5.01. The van der Waals surface area contributed by atoms with Gasteiger partial charge in [0.05, 0.1) is 16.7 Å². The average Bonchev–Trinajstić information content (AvgIpc) is 3.37. The zero-order valence-corrected chi connectivity index (χ0v) is 21.1. The molecule has 11 heteroatoms. The number of carbonyl (C=O) groups is 3. The van der Waals surface area contributed by atoms with E-state index in [-0.39, 0.29) is 23.6 Å². The number of ether oxygens (including phenoxy) is 1. The summed E-state index contributed by atoms with van der Waals surface area (Å²) in [6.07, 6.45) is 1.47. The fourth-order valence-corrected chi connectivity index (χ4v) is 4.93. The summed E-state index contributed by atoms with van der Waals surface area (Å²) < 4.78 is 32.4. The van der Waals surface area contributed by atoms with Crippen LogP contribution in [0, 0.1) is 11.6 Å². The maximum absolute atomic E-state index is 13.7. The van der Waals surface area contributed by atoms with Crippen molar-refractivity contribution >= 4 is 29.1 Å². The molecule has 0 saturated carbocycles. The van der Waals surface area contributed by atoms with Gasteiger partial charge in [-0.05, 0) is 63.1 Å². The van der Waals surface area contributed by atoms with E-state index in [2.05, 4.69) is 15.8 Å². The van der Waals surface area contributed by atoms with Crippen LogP contribution in [0.4, 0.5) is 8.78 Å². The van der Waals surface area contributed by atoms with Crippen LogP contribution in [-0.4, -0.2) is 46.8 Å². The second-order valence-electron chi connectivity index (χ2n) is 8.86. The van der Waals surface area contributed by atoms with Gasteiger partial charge in [-0.3, -0.25) is 25.2 Å². The summed E-state index contributed by atoms with van der Waals surface area (Å²) in [7, 11) is 0. The van der Waals surface area contributed by atoms with Gasteiger partial charge in [0.1, 0.15) is 23.1 Å². The van der Waals surface area contributed by atoms with E-state index >= 15 is 0 Å². The lowest BCUT2D eigenvalue weighted by molar-refractivity contribution is 0.0712. The van der Waals surface area contributed by atoms with Crippen LogP contribution in [0.3, 0.4) is 0 Å². The first-order valence-electron chi connectivity index (χ1n) is 11.8. The third-order valence-corrected chi connectivity index (χ3v) is 6.83. The summed E-state index contributed by atoms with van der Waals surface area (Å²) in [5, 5.41) is 2.34. The molecular formula is C26H26F2N4O4S. The van der Waals surface area contributed by atoms with Crippen molar-refractivity contribution in [2.45, 2.75) is 38.7 Å². The first-order valence-corrected chi connectivity index (χ1v) is 12.7. The normalized spacial score (nSPS) is 13.9. The standard InChI is InChI=1S/C26H26F2N4O4S/c1-15(2)36-19-6-3-17(4-7-19)26(35)32-11-9-16(10-12-32)25-29-22(14-37-25)24(34)31-30-23(33)20-8-5-18(27)13-21(20)28/h3-8,13-16H,9-12H2,1-2H3,(H,30,33)(H,31,34). The van der Waals surface area contributed by atoms with Gasteiger partial charge >= 0.3 is 0 Å². The lowest BCUT2D eigenvalue weighted by Gasteiger charge is -2.31. The number of nitrogens with one attached hydrogen (secondary N) is 2. The zero-order chi connectivity index (χ0) is 26.5. The number of nitrogens with zero attached hydrogens (tertiary/aromatic N) is 2. The summed E-state index contributed by atoms with van der Waals surface area (Å²) in [5.74, 6) is -2.64. The number of hydrogen-bond acceptors (Lipinski definition) is 6. The summed E-state index contributed by atoms with van der Waals surface area (Å²) >= 11 is 1.33. The molecule has 0 aliphatic carbocycles. The molecule has 0 unspecified atom stereocenters. The van der Waals surface area contributed by atoms with Gasteiger partial charge in [0.15, 0.2) is 0 Å². The highest BCUT2D eigenvalue weighted by Crippen LogP contribution is 2.31. The molecule has 1 saturated heterocycles. The molecule has 4 rings (SSSR count). The van der Waals surface area contributed by atoms with Crippen LogP contribution >= 0.6 is 11.3 Å². The molecular weight excluding hydrogens is 502 g/mol. The number of halogens is 2. The lowest BCUT2D eigenvalue weighted by Crippen LogP contribution is -2.42. The van der Waals surface area contributed by atoms with E-state index in [9.17, 15) is 23.2 Å². The second-order valence-corrected chi connectivity index (χ2v) is 9.75. The highest BCUT2D eigenvalue weighted by Gasteiger charge is 2.27. The monoisotopic (exact) mass is 528 g/mol. The van der Waals surface area contributed by atoms with Crippen molar-refractivity contribution in [3.8, 4) is 5.75 Å². The fourth-order valence-electron chi connectivity index (χ4n) is 3.96. The lowest BCUT2D eigenvalue weighted by atomic mass is 9.97. The Kier molecular flexibility index (Phi) is 8.12. The molecule has 1 aliphatic rings. The van der Waals surface area contributed by atoms with Crippen LogP contribution < -0.4 is 15.6 Å². The number of benzene rings is 2. The summed E-state index contributed by atoms with van der Waals surface area (Å²) in [4.78, 5) is 43.5. The van der Waals surface area contributed by atoms with Crippen LogP contribution in [0.25, 0.3) is 0 Å². The van der Waals surface area contributed by atoms with E-state index in [1.165, 1.54) is 11.3 Å². The van der Waals surface area contributed by atoms with Gasteiger partial charge < -0.3 is 9.64 Å². The van der Waals surface area contributed by atoms with E-state index < -0.39 is 29.0 Å². The van der Waals surface area contributed by atoms with Crippen LogP contribution in [0.2, 0.25) is 0 Å². The molecule has 1 aromatic heterocycles. The third-order valence-electron chi connectivity index (χ3n) is 5.82.